The van der Waals surface area contributed by atoms with Crippen molar-refractivity contribution >= 4 is 11.6 Å². The fourth-order valence-electron chi connectivity index (χ4n) is 1.81. The second kappa shape index (κ2) is 6.00. The van der Waals surface area contributed by atoms with E-state index in [4.69, 9.17) is 5.73 Å². The van der Waals surface area contributed by atoms with Crippen LogP contribution in [0.3, 0.4) is 0 Å². The number of rotatable bonds is 6. The van der Waals surface area contributed by atoms with Gasteiger partial charge < -0.3 is 15.6 Å². The van der Waals surface area contributed by atoms with Crippen LogP contribution in [0.2, 0.25) is 0 Å². The number of aromatic nitrogens is 4. The zero-order chi connectivity index (χ0) is 12.8. The number of imidazole rings is 1. The molecule has 0 fully saturated rings. The molecule has 0 unspecified atom stereocenters. The van der Waals surface area contributed by atoms with Crippen LogP contribution in [0.1, 0.15) is 18.9 Å². The van der Waals surface area contributed by atoms with Crippen LogP contribution in [0, 0.1) is 0 Å². The predicted molar refractivity (Wildman–Crippen MR) is 71.2 cm³/mol. The molecule has 6 nitrogen and oxygen atoms in total. The molecular weight excluding hydrogens is 228 g/mol. The van der Waals surface area contributed by atoms with Crippen molar-refractivity contribution < 1.29 is 0 Å². The van der Waals surface area contributed by atoms with Crippen molar-refractivity contribution in [2.24, 2.45) is 0 Å². The highest BCUT2D eigenvalue weighted by atomic mass is 15.0. The van der Waals surface area contributed by atoms with E-state index in [0.717, 1.165) is 37.3 Å². The van der Waals surface area contributed by atoms with E-state index >= 15 is 0 Å². The van der Waals surface area contributed by atoms with E-state index in [-0.39, 0.29) is 0 Å². The molecule has 2 aromatic rings. The largest absolute Gasteiger partial charge is 0.383 e. The van der Waals surface area contributed by atoms with Crippen molar-refractivity contribution in [2.75, 3.05) is 17.6 Å². The first-order valence-corrected chi connectivity index (χ1v) is 6.10. The summed E-state index contributed by atoms with van der Waals surface area (Å²) < 4.78 is 2.05. The van der Waals surface area contributed by atoms with Crippen molar-refractivity contribution in [3.05, 3.63) is 30.6 Å². The molecule has 0 aliphatic heterocycles. The molecule has 0 aliphatic carbocycles. The summed E-state index contributed by atoms with van der Waals surface area (Å²) in [6.45, 7) is 3.84. The first kappa shape index (κ1) is 12.3. The van der Waals surface area contributed by atoms with E-state index in [0.29, 0.717) is 5.82 Å². The molecule has 0 amide bonds. The molecule has 0 bridgehead atoms. The van der Waals surface area contributed by atoms with Crippen LogP contribution < -0.4 is 11.1 Å². The summed E-state index contributed by atoms with van der Waals surface area (Å²) in [5.41, 5.74) is 6.80. The van der Waals surface area contributed by atoms with Gasteiger partial charge in [0.05, 0.1) is 6.33 Å². The van der Waals surface area contributed by atoms with Gasteiger partial charge >= 0.3 is 0 Å². The number of hydrogen-bond donors (Lipinski definition) is 2. The summed E-state index contributed by atoms with van der Waals surface area (Å²) >= 11 is 0. The number of aryl methyl sites for hydroxylation is 1. The van der Waals surface area contributed by atoms with Crippen molar-refractivity contribution in [3.63, 3.8) is 0 Å². The van der Waals surface area contributed by atoms with Gasteiger partial charge in [-0.1, -0.05) is 6.92 Å². The topological polar surface area (TPSA) is 81.6 Å². The summed E-state index contributed by atoms with van der Waals surface area (Å²) in [7, 11) is 0. The molecule has 2 rings (SSSR count). The maximum absolute atomic E-state index is 5.81. The van der Waals surface area contributed by atoms with Gasteiger partial charge in [0.25, 0.3) is 0 Å². The quantitative estimate of drug-likeness (QED) is 0.751. The summed E-state index contributed by atoms with van der Waals surface area (Å²) in [6, 6.07) is 0. The summed E-state index contributed by atoms with van der Waals surface area (Å²) in [4.78, 5) is 12.2. The van der Waals surface area contributed by atoms with Crippen LogP contribution in [-0.2, 0) is 13.0 Å². The number of hydrogen-bond acceptors (Lipinski definition) is 5. The molecule has 18 heavy (non-hydrogen) atoms. The van der Waals surface area contributed by atoms with Gasteiger partial charge in [-0.15, -0.1) is 0 Å². The Morgan fingerprint density at radius 1 is 1.39 bits per heavy atom. The van der Waals surface area contributed by atoms with Crippen LogP contribution >= 0.6 is 0 Å². The van der Waals surface area contributed by atoms with Crippen LogP contribution in [0.15, 0.2) is 25.0 Å². The second-order valence-corrected chi connectivity index (χ2v) is 4.02. The van der Waals surface area contributed by atoms with Crippen molar-refractivity contribution in [3.8, 4) is 0 Å². The number of nitrogens with one attached hydrogen (secondary N) is 1. The molecule has 0 aliphatic rings. The van der Waals surface area contributed by atoms with E-state index in [1.165, 1.54) is 6.33 Å². The lowest BCUT2D eigenvalue weighted by Gasteiger charge is -2.10. The van der Waals surface area contributed by atoms with Gasteiger partial charge in [0.1, 0.15) is 18.0 Å². The molecule has 0 radical (unpaired) electrons. The molecule has 0 saturated heterocycles. The molecular formula is C12H18N6. The molecule has 0 atom stereocenters. The van der Waals surface area contributed by atoms with Crippen molar-refractivity contribution in [2.45, 2.75) is 26.3 Å². The molecule has 2 aromatic heterocycles. The number of nitrogens with two attached hydrogens (primary N) is 1. The Morgan fingerprint density at radius 3 is 3.00 bits per heavy atom. The minimum Gasteiger partial charge on any atom is -0.383 e. The summed E-state index contributed by atoms with van der Waals surface area (Å²) in [5.74, 6) is 1.40. The Labute approximate surface area is 106 Å². The minimum absolute atomic E-state index is 0.560. The lowest BCUT2D eigenvalue weighted by molar-refractivity contribution is 0.659. The average molecular weight is 246 g/mol. The summed E-state index contributed by atoms with van der Waals surface area (Å²) in [5, 5.41) is 3.30. The third-order valence-electron chi connectivity index (χ3n) is 2.78. The fourth-order valence-corrected chi connectivity index (χ4v) is 1.81. The van der Waals surface area contributed by atoms with Crippen molar-refractivity contribution in [1.82, 2.24) is 19.5 Å². The van der Waals surface area contributed by atoms with E-state index in [2.05, 4.69) is 24.8 Å². The first-order chi connectivity index (χ1) is 8.81. The summed E-state index contributed by atoms with van der Waals surface area (Å²) in [6.07, 6.45) is 8.89. The maximum atomic E-state index is 5.81. The van der Waals surface area contributed by atoms with E-state index in [9.17, 15) is 0 Å². The predicted octanol–water partition coefficient (Wildman–Crippen LogP) is 1.32. The molecule has 2 heterocycles. The van der Waals surface area contributed by atoms with Gasteiger partial charge in [-0.05, 0) is 12.8 Å². The second-order valence-electron chi connectivity index (χ2n) is 4.02. The Bertz CT molecular complexity index is 479. The SMILES string of the molecule is CCc1c(N)ncnc1NCCCn1ccnc1. The zero-order valence-corrected chi connectivity index (χ0v) is 10.5. The van der Waals surface area contributed by atoms with Crippen LogP contribution in [0.4, 0.5) is 11.6 Å². The van der Waals surface area contributed by atoms with E-state index < -0.39 is 0 Å². The highest BCUT2D eigenvalue weighted by Crippen LogP contribution is 2.17. The molecule has 0 aromatic carbocycles. The number of nitrogen functional groups attached to an aromatic ring is 1. The van der Waals surface area contributed by atoms with Crippen molar-refractivity contribution in [1.29, 1.82) is 0 Å². The minimum atomic E-state index is 0.560. The zero-order valence-electron chi connectivity index (χ0n) is 10.5. The highest BCUT2D eigenvalue weighted by molar-refractivity contribution is 5.54. The fraction of sp³-hybridized carbons (Fsp3) is 0.417. The molecule has 96 valence electrons. The third kappa shape index (κ3) is 2.97. The Hall–Kier alpha value is -2.11. The normalized spacial score (nSPS) is 10.5. The van der Waals surface area contributed by atoms with Crippen LogP contribution in [0.5, 0.6) is 0 Å². The Balaban J connectivity index is 1.85. The van der Waals surface area contributed by atoms with Crippen LogP contribution in [0.25, 0.3) is 0 Å². The lowest BCUT2D eigenvalue weighted by atomic mass is 10.2. The molecule has 3 N–H and O–H groups in total. The van der Waals surface area contributed by atoms with Gasteiger partial charge in [-0.25, -0.2) is 15.0 Å². The first-order valence-electron chi connectivity index (χ1n) is 6.10. The average Bonchev–Trinajstić information content (AvgIpc) is 2.88. The number of anilines is 2. The Morgan fingerprint density at radius 2 is 2.28 bits per heavy atom. The maximum Gasteiger partial charge on any atom is 0.134 e. The lowest BCUT2D eigenvalue weighted by Crippen LogP contribution is -2.10. The van der Waals surface area contributed by atoms with Gasteiger partial charge in [-0.3, -0.25) is 0 Å². The van der Waals surface area contributed by atoms with Gasteiger partial charge in [0.15, 0.2) is 0 Å². The molecule has 0 saturated carbocycles. The molecule has 0 spiro atoms. The monoisotopic (exact) mass is 246 g/mol. The van der Waals surface area contributed by atoms with Gasteiger partial charge in [0.2, 0.25) is 0 Å². The smallest absolute Gasteiger partial charge is 0.134 e. The van der Waals surface area contributed by atoms with Gasteiger partial charge in [0, 0.05) is 31.0 Å². The van der Waals surface area contributed by atoms with E-state index in [1.807, 2.05) is 19.4 Å². The third-order valence-corrected chi connectivity index (χ3v) is 2.78. The number of nitrogens with zero attached hydrogens (tertiary/aromatic N) is 4. The van der Waals surface area contributed by atoms with Crippen LogP contribution in [-0.4, -0.2) is 26.1 Å². The Kier molecular flexibility index (Phi) is 4.11. The van der Waals surface area contributed by atoms with E-state index in [1.54, 1.807) is 6.20 Å². The standard InChI is InChI=1S/C12H18N6/c1-2-10-11(13)16-8-17-12(10)15-4-3-6-18-7-5-14-9-18/h5,7-9H,2-4,6H2,1H3,(H3,13,15,16,17). The molecule has 6 heteroatoms. The highest BCUT2D eigenvalue weighted by Gasteiger charge is 2.05. The van der Waals surface area contributed by atoms with Gasteiger partial charge in [-0.2, -0.15) is 0 Å².